The van der Waals surface area contributed by atoms with Gasteiger partial charge in [-0.25, -0.2) is 4.39 Å². The SMILES string of the molecule is CCOC(=O)C1CCN(C(=O)C(C)N2CCN(c3ccccc3F)CC2)CC1. The van der Waals surface area contributed by atoms with Crippen LogP contribution in [0.4, 0.5) is 10.1 Å². The zero-order valence-corrected chi connectivity index (χ0v) is 16.8. The zero-order valence-electron chi connectivity index (χ0n) is 16.8. The lowest BCUT2D eigenvalue weighted by Gasteiger charge is -2.41. The van der Waals surface area contributed by atoms with Crippen LogP contribution in [0.3, 0.4) is 0 Å². The molecular formula is C21H30FN3O3. The Morgan fingerprint density at radius 2 is 1.75 bits per heavy atom. The Hall–Kier alpha value is -2.15. The number of likely N-dealkylation sites (tertiary alicyclic amines) is 1. The average Bonchev–Trinajstić information content (AvgIpc) is 2.73. The number of amides is 1. The quantitative estimate of drug-likeness (QED) is 0.720. The highest BCUT2D eigenvalue weighted by atomic mass is 19.1. The van der Waals surface area contributed by atoms with Crippen molar-refractivity contribution >= 4 is 17.6 Å². The highest BCUT2D eigenvalue weighted by molar-refractivity contribution is 5.82. The molecule has 2 fully saturated rings. The number of carbonyl (C=O) groups excluding carboxylic acids is 2. The lowest BCUT2D eigenvalue weighted by atomic mass is 9.96. The molecule has 0 aromatic heterocycles. The molecule has 6 nitrogen and oxygen atoms in total. The van der Waals surface area contributed by atoms with Gasteiger partial charge in [0.15, 0.2) is 0 Å². The number of hydrogen-bond acceptors (Lipinski definition) is 5. The summed E-state index contributed by atoms with van der Waals surface area (Å²) in [7, 11) is 0. The Morgan fingerprint density at radius 3 is 2.36 bits per heavy atom. The molecule has 0 aliphatic carbocycles. The minimum atomic E-state index is -0.207. The molecule has 3 rings (SSSR count). The zero-order chi connectivity index (χ0) is 20.1. The van der Waals surface area contributed by atoms with E-state index in [1.165, 1.54) is 6.07 Å². The summed E-state index contributed by atoms with van der Waals surface area (Å²) in [4.78, 5) is 30.8. The molecule has 1 unspecified atom stereocenters. The molecular weight excluding hydrogens is 361 g/mol. The number of nitrogens with zero attached hydrogens (tertiary/aromatic N) is 3. The fourth-order valence-electron chi connectivity index (χ4n) is 4.07. The van der Waals surface area contributed by atoms with Gasteiger partial charge in [-0.3, -0.25) is 14.5 Å². The minimum Gasteiger partial charge on any atom is -0.466 e. The van der Waals surface area contributed by atoms with E-state index in [2.05, 4.69) is 4.90 Å². The maximum Gasteiger partial charge on any atom is 0.309 e. The van der Waals surface area contributed by atoms with Crippen LogP contribution >= 0.6 is 0 Å². The van der Waals surface area contributed by atoms with Gasteiger partial charge in [0.1, 0.15) is 5.82 Å². The Kier molecular flexibility index (Phi) is 6.88. The van der Waals surface area contributed by atoms with Crippen LogP contribution in [0.2, 0.25) is 0 Å². The molecule has 2 heterocycles. The predicted octanol–water partition coefficient (Wildman–Crippen LogP) is 2.14. The third-order valence-electron chi connectivity index (χ3n) is 5.84. The number of halogens is 1. The van der Waals surface area contributed by atoms with Crippen molar-refractivity contribution < 1.29 is 18.7 Å². The van der Waals surface area contributed by atoms with Crippen molar-refractivity contribution in [3.05, 3.63) is 30.1 Å². The van der Waals surface area contributed by atoms with Crippen molar-refractivity contribution in [2.24, 2.45) is 5.92 Å². The largest absolute Gasteiger partial charge is 0.466 e. The van der Waals surface area contributed by atoms with Crippen molar-refractivity contribution in [3.63, 3.8) is 0 Å². The molecule has 1 aromatic carbocycles. The van der Waals surface area contributed by atoms with E-state index >= 15 is 0 Å². The Bertz CT molecular complexity index is 683. The number of esters is 1. The second kappa shape index (κ2) is 9.37. The van der Waals surface area contributed by atoms with Crippen molar-refractivity contribution in [2.75, 3.05) is 50.8 Å². The van der Waals surface area contributed by atoms with E-state index in [-0.39, 0.29) is 29.7 Å². The van der Waals surface area contributed by atoms with Gasteiger partial charge in [-0.2, -0.15) is 0 Å². The number of para-hydroxylation sites is 1. The first kappa shape index (κ1) is 20.6. The van der Waals surface area contributed by atoms with E-state index in [0.29, 0.717) is 51.3 Å². The van der Waals surface area contributed by atoms with Crippen LogP contribution in [0, 0.1) is 11.7 Å². The first-order valence-corrected chi connectivity index (χ1v) is 10.2. The normalized spacial score (nSPS) is 20.1. The van der Waals surface area contributed by atoms with Gasteiger partial charge in [0.25, 0.3) is 0 Å². The van der Waals surface area contributed by atoms with E-state index in [1.807, 2.05) is 29.7 Å². The second-order valence-corrected chi connectivity index (χ2v) is 7.50. The highest BCUT2D eigenvalue weighted by Gasteiger charge is 2.33. The summed E-state index contributed by atoms with van der Waals surface area (Å²) in [5.41, 5.74) is 0.627. The van der Waals surface area contributed by atoms with Crippen LogP contribution in [0.15, 0.2) is 24.3 Å². The van der Waals surface area contributed by atoms with Crippen LogP contribution < -0.4 is 4.90 Å². The smallest absolute Gasteiger partial charge is 0.309 e. The Labute approximate surface area is 166 Å². The molecule has 7 heteroatoms. The monoisotopic (exact) mass is 391 g/mol. The lowest BCUT2D eigenvalue weighted by Crippen LogP contribution is -2.55. The van der Waals surface area contributed by atoms with Crippen LogP contribution in [-0.2, 0) is 14.3 Å². The third-order valence-corrected chi connectivity index (χ3v) is 5.84. The van der Waals surface area contributed by atoms with Gasteiger partial charge in [0.2, 0.25) is 5.91 Å². The summed E-state index contributed by atoms with van der Waals surface area (Å²) >= 11 is 0. The highest BCUT2D eigenvalue weighted by Crippen LogP contribution is 2.23. The van der Waals surface area contributed by atoms with Crippen LogP contribution in [0.5, 0.6) is 0 Å². The fraction of sp³-hybridized carbons (Fsp3) is 0.619. The number of anilines is 1. The number of hydrogen-bond donors (Lipinski definition) is 0. The van der Waals surface area contributed by atoms with Gasteiger partial charge in [0.05, 0.1) is 24.3 Å². The summed E-state index contributed by atoms with van der Waals surface area (Å²) in [6.45, 7) is 8.19. The molecule has 0 N–H and O–H groups in total. The maximum atomic E-state index is 14.0. The number of piperidine rings is 1. The van der Waals surface area contributed by atoms with Gasteiger partial charge in [-0.15, -0.1) is 0 Å². The molecule has 1 amide bonds. The first-order valence-electron chi connectivity index (χ1n) is 10.2. The summed E-state index contributed by atoms with van der Waals surface area (Å²) < 4.78 is 19.1. The molecule has 0 radical (unpaired) electrons. The number of carbonyl (C=O) groups is 2. The van der Waals surface area contributed by atoms with Gasteiger partial charge < -0.3 is 14.5 Å². The van der Waals surface area contributed by atoms with Crippen LogP contribution in [0.1, 0.15) is 26.7 Å². The number of benzene rings is 1. The van der Waals surface area contributed by atoms with Crippen molar-refractivity contribution in [2.45, 2.75) is 32.7 Å². The fourth-order valence-corrected chi connectivity index (χ4v) is 4.07. The standard InChI is InChI=1S/C21H30FN3O3/c1-3-28-21(27)17-8-10-25(11-9-17)20(26)16(2)23-12-14-24(15-13-23)19-7-5-4-6-18(19)22/h4-7,16-17H,3,8-15H2,1-2H3. The average molecular weight is 391 g/mol. The van der Waals surface area contributed by atoms with E-state index in [0.717, 1.165) is 13.1 Å². The minimum absolute atomic E-state index is 0.0939. The van der Waals surface area contributed by atoms with E-state index in [4.69, 9.17) is 4.74 Å². The van der Waals surface area contributed by atoms with Gasteiger partial charge in [0, 0.05) is 39.3 Å². The summed E-state index contributed by atoms with van der Waals surface area (Å²) in [6.07, 6.45) is 1.33. The molecule has 0 spiro atoms. The van der Waals surface area contributed by atoms with Crippen LogP contribution in [-0.4, -0.2) is 73.6 Å². The van der Waals surface area contributed by atoms with Crippen molar-refractivity contribution in [1.29, 1.82) is 0 Å². The van der Waals surface area contributed by atoms with Crippen LogP contribution in [0.25, 0.3) is 0 Å². The second-order valence-electron chi connectivity index (χ2n) is 7.50. The van der Waals surface area contributed by atoms with E-state index in [9.17, 15) is 14.0 Å². The molecule has 0 bridgehead atoms. The summed E-state index contributed by atoms with van der Waals surface area (Å²) in [5, 5.41) is 0. The Balaban J connectivity index is 1.49. The number of ether oxygens (including phenoxy) is 1. The molecule has 2 saturated heterocycles. The predicted molar refractivity (Wildman–Crippen MR) is 106 cm³/mol. The van der Waals surface area contributed by atoms with Crippen molar-refractivity contribution in [1.82, 2.24) is 9.80 Å². The summed E-state index contributed by atoms with van der Waals surface area (Å²) in [6, 6.07) is 6.61. The van der Waals surface area contributed by atoms with E-state index < -0.39 is 0 Å². The molecule has 2 aliphatic heterocycles. The van der Waals surface area contributed by atoms with Crippen molar-refractivity contribution in [3.8, 4) is 0 Å². The number of rotatable bonds is 5. The molecule has 1 atom stereocenters. The van der Waals surface area contributed by atoms with E-state index in [1.54, 1.807) is 12.1 Å². The molecule has 28 heavy (non-hydrogen) atoms. The molecule has 2 aliphatic rings. The maximum absolute atomic E-state index is 14.0. The summed E-state index contributed by atoms with van der Waals surface area (Å²) in [5.74, 6) is -0.332. The third kappa shape index (κ3) is 4.63. The first-order chi connectivity index (χ1) is 13.5. The van der Waals surface area contributed by atoms with Gasteiger partial charge >= 0.3 is 5.97 Å². The molecule has 1 aromatic rings. The molecule has 154 valence electrons. The topological polar surface area (TPSA) is 53.1 Å². The molecule has 0 saturated carbocycles. The Morgan fingerprint density at radius 1 is 1.11 bits per heavy atom. The lowest BCUT2D eigenvalue weighted by molar-refractivity contribution is -0.152. The van der Waals surface area contributed by atoms with Gasteiger partial charge in [-0.05, 0) is 38.8 Å². The van der Waals surface area contributed by atoms with Gasteiger partial charge in [-0.1, -0.05) is 12.1 Å². The number of piperazine rings is 1.